The normalized spacial score (nSPS) is 31.4. The van der Waals surface area contributed by atoms with Gasteiger partial charge in [0.1, 0.15) is 11.9 Å². The van der Waals surface area contributed by atoms with Crippen LogP contribution in [-0.4, -0.2) is 35.8 Å². The number of nitrogens with one attached hydrogen (secondary N) is 1. The molecule has 190 valence electrons. The van der Waals surface area contributed by atoms with E-state index in [0.717, 1.165) is 42.5 Å². The van der Waals surface area contributed by atoms with Crippen LogP contribution in [0.25, 0.3) is 17.2 Å². The van der Waals surface area contributed by atoms with E-state index in [9.17, 15) is 14.0 Å². The van der Waals surface area contributed by atoms with Gasteiger partial charge in [0.2, 0.25) is 0 Å². The molecule has 36 heavy (non-hydrogen) atoms. The van der Waals surface area contributed by atoms with Crippen LogP contribution in [0.2, 0.25) is 0 Å². The summed E-state index contributed by atoms with van der Waals surface area (Å²) in [6.07, 6.45) is 9.07. The third-order valence-corrected chi connectivity index (χ3v) is 8.18. The molecule has 2 saturated carbocycles. The summed E-state index contributed by atoms with van der Waals surface area (Å²) in [4.78, 5) is 29.2. The highest BCUT2D eigenvalue weighted by Gasteiger charge is 2.54. The van der Waals surface area contributed by atoms with Gasteiger partial charge in [0.15, 0.2) is 0 Å². The molecule has 1 amide bonds. The number of pyridine rings is 1. The van der Waals surface area contributed by atoms with Gasteiger partial charge >= 0.3 is 12.1 Å². The average Bonchev–Trinajstić information content (AvgIpc) is 3.15. The number of rotatable bonds is 5. The number of benzene rings is 1. The first kappa shape index (κ1) is 24.5. The molecule has 0 spiro atoms. The second-order valence-electron chi connectivity index (χ2n) is 10.3. The number of fused-ring (bicyclic) bond motifs is 2. The smallest absolute Gasteiger partial charge is 0.407 e. The zero-order valence-corrected chi connectivity index (χ0v) is 20.7. The first-order chi connectivity index (χ1) is 17.4. The summed E-state index contributed by atoms with van der Waals surface area (Å²) in [6.45, 7) is 4.15. The number of aromatic nitrogens is 1. The largest absolute Gasteiger partial charge is 0.462 e. The predicted molar refractivity (Wildman–Crippen MR) is 134 cm³/mol. The third-order valence-electron chi connectivity index (χ3n) is 8.18. The fraction of sp³-hybridized carbons (Fsp3) is 0.483. The molecule has 2 aliphatic carbocycles. The van der Waals surface area contributed by atoms with Gasteiger partial charge in [-0.05, 0) is 87.1 Å². The lowest BCUT2D eigenvalue weighted by Gasteiger charge is -2.47. The highest BCUT2D eigenvalue weighted by Crippen LogP contribution is 2.53. The molecule has 2 aromatic rings. The van der Waals surface area contributed by atoms with Crippen molar-refractivity contribution >= 4 is 18.1 Å². The van der Waals surface area contributed by atoms with Gasteiger partial charge < -0.3 is 14.8 Å². The lowest BCUT2D eigenvalue weighted by Crippen LogP contribution is -2.48. The lowest BCUT2D eigenvalue weighted by atomic mass is 9.57. The topological polar surface area (TPSA) is 77.5 Å². The zero-order chi connectivity index (χ0) is 25.2. The van der Waals surface area contributed by atoms with Gasteiger partial charge in [0.05, 0.1) is 18.2 Å². The molecule has 1 aromatic heterocycles. The lowest BCUT2D eigenvalue weighted by molar-refractivity contribution is -0.144. The third kappa shape index (κ3) is 5.01. The quantitative estimate of drug-likeness (QED) is 0.548. The number of carbonyl (C=O) groups is 2. The van der Waals surface area contributed by atoms with E-state index >= 15 is 0 Å². The molecule has 1 saturated heterocycles. The first-order valence-corrected chi connectivity index (χ1v) is 13.0. The van der Waals surface area contributed by atoms with Gasteiger partial charge in [0.25, 0.3) is 0 Å². The first-order valence-electron chi connectivity index (χ1n) is 13.0. The maximum absolute atomic E-state index is 13.6. The Balaban J connectivity index is 1.34. The van der Waals surface area contributed by atoms with Crippen molar-refractivity contribution in [1.82, 2.24) is 10.3 Å². The molecule has 7 atom stereocenters. The number of allylic oxidation sites excluding steroid dienone is 1. The Hall–Kier alpha value is -3.22. The van der Waals surface area contributed by atoms with Gasteiger partial charge in [-0.2, -0.15) is 0 Å². The van der Waals surface area contributed by atoms with Crippen LogP contribution in [0, 0.1) is 35.4 Å². The Bertz CT molecular complexity index is 1130. The molecule has 7 heteroatoms. The summed E-state index contributed by atoms with van der Waals surface area (Å²) in [7, 11) is 0. The van der Waals surface area contributed by atoms with Gasteiger partial charge in [-0.25, -0.2) is 9.18 Å². The van der Waals surface area contributed by atoms with Crippen LogP contribution in [0.1, 0.15) is 45.2 Å². The minimum atomic E-state index is -0.368. The molecule has 6 nitrogen and oxygen atoms in total. The summed E-state index contributed by atoms with van der Waals surface area (Å²) in [5, 5.41) is 3.00. The number of nitrogens with zero attached hydrogens (tertiary/aromatic N) is 1. The molecule has 0 unspecified atom stereocenters. The van der Waals surface area contributed by atoms with Crippen molar-refractivity contribution in [2.24, 2.45) is 29.6 Å². The molecule has 3 aliphatic rings. The summed E-state index contributed by atoms with van der Waals surface area (Å²) in [6, 6.07) is 10.4. The molecule has 5 rings (SSSR count). The Kier molecular flexibility index (Phi) is 7.08. The number of hydrogen-bond acceptors (Lipinski definition) is 5. The Morgan fingerprint density at radius 1 is 1.22 bits per heavy atom. The molecular weight excluding hydrogens is 459 g/mol. The fourth-order valence-electron chi connectivity index (χ4n) is 6.64. The number of ether oxygens (including phenoxy) is 2. The maximum atomic E-state index is 13.6. The van der Waals surface area contributed by atoms with E-state index in [-0.39, 0.29) is 47.8 Å². The molecule has 0 radical (unpaired) electrons. The molecule has 0 bridgehead atoms. The van der Waals surface area contributed by atoms with E-state index < -0.39 is 0 Å². The van der Waals surface area contributed by atoms with Gasteiger partial charge in [-0.1, -0.05) is 24.3 Å². The number of alkyl carbamates (subject to hydrolysis) is 1. The highest BCUT2D eigenvalue weighted by molar-refractivity contribution is 5.75. The van der Waals surface area contributed by atoms with Crippen LogP contribution in [0.3, 0.4) is 0 Å². The molecule has 1 N–H and O–H groups in total. The molecule has 1 aromatic carbocycles. The monoisotopic (exact) mass is 492 g/mol. The van der Waals surface area contributed by atoms with Crippen LogP contribution < -0.4 is 5.32 Å². The van der Waals surface area contributed by atoms with Crippen molar-refractivity contribution in [2.45, 2.75) is 51.7 Å². The second-order valence-corrected chi connectivity index (χ2v) is 10.3. The summed E-state index contributed by atoms with van der Waals surface area (Å²) in [5.41, 5.74) is 2.48. The maximum Gasteiger partial charge on any atom is 0.407 e. The van der Waals surface area contributed by atoms with Crippen LogP contribution >= 0.6 is 0 Å². The Labute approximate surface area is 211 Å². The number of carbonyl (C=O) groups excluding carboxylic acids is 2. The number of esters is 1. The van der Waals surface area contributed by atoms with Crippen molar-refractivity contribution in [3.8, 4) is 11.1 Å². The van der Waals surface area contributed by atoms with Crippen LogP contribution in [0.4, 0.5) is 9.18 Å². The van der Waals surface area contributed by atoms with E-state index in [2.05, 4.69) is 16.4 Å². The fourth-order valence-corrected chi connectivity index (χ4v) is 6.64. The van der Waals surface area contributed by atoms with E-state index in [1.165, 1.54) is 12.1 Å². The van der Waals surface area contributed by atoms with Gasteiger partial charge in [-0.3, -0.25) is 9.78 Å². The van der Waals surface area contributed by atoms with Crippen molar-refractivity contribution in [1.29, 1.82) is 0 Å². The summed E-state index contributed by atoms with van der Waals surface area (Å²) < 4.78 is 24.3. The van der Waals surface area contributed by atoms with Gasteiger partial charge in [-0.15, -0.1) is 0 Å². The van der Waals surface area contributed by atoms with Crippen LogP contribution in [-0.2, 0) is 14.3 Å². The minimum absolute atomic E-state index is 0.0679. The van der Waals surface area contributed by atoms with E-state index in [4.69, 9.17) is 9.47 Å². The number of hydrogen-bond donors (Lipinski definition) is 1. The SMILES string of the molecule is CCOC(=O)N[C@H]1CC[C@@H]2[C@@H](C1)C[C@H]1C(=O)O[C@@H](C)[C@@H]1[C@@H]2/C=C/c1ccc(-c2cccc(F)c2)cn1. The highest BCUT2D eigenvalue weighted by atomic mass is 19.1. The van der Waals surface area contributed by atoms with E-state index in [0.29, 0.717) is 18.4 Å². The van der Waals surface area contributed by atoms with Crippen molar-refractivity contribution in [3.63, 3.8) is 0 Å². The van der Waals surface area contributed by atoms with Crippen molar-refractivity contribution in [2.75, 3.05) is 6.61 Å². The average molecular weight is 493 g/mol. The van der Waals surface area contributed by atoms with E-state index in [1.54, 1.807) is 19.2 Å². The molecule has 3 fully saturated rings. The Morgan fingerprint density at radius 2 is 2.08 bits per heavy atom. The van der Waals surface area contributed by atoms with Crippen molar-refractivity contribution in [3.05, 3.63) is 60.2 Å². The summed E-state index contributed by atoms with van der Waals surface area (Å²) >= 11 is 0. The zero-order valence-electron chi connectivity index (χ0n) is 20.7. The Morgan fingerprint density at radius 3 is 2.83 bits per heavy atom. The number of amides is 1. The van der Waals surface area contributed by atoms with Crippen LogP contribution in [0.15, 0.2) is 48.7 Å². The van der Waals surface area contributed by atoms with Crippen LogP contribution in [0.5, 0.6) is 0 Å². The van der Waals surface area contributed by atoms with E-state index in [1.807, 2.05) is 31.2 Å². The molecule has 2 heterocycles. The molecule has 1 aliphatic heterocycles. The summed E-state index contributed by atoms with van der Waals surface area (Å²) in [5.74, 6) is 0.629. The molecular formula is C29H33FN2O4. The minimum Gasteiger partial charge on any atom is -0.462 e. The number of halogens is 1. The standard InChI is InChI=1S/C29H33FN2O4/c1-3-35-29(34)32-23-10-11-24-20(14-23)15-26-27(17(2)36-28(26)33)25(24)12-9-22-8-7-19(16-31-22)18-5-4-6-21(30)13-18/h4-9,12-13,16-17,20,23-27H,3,10-11,14-15H2,1-2H3,(H,32,34)/b12-9+/t17-,20-,23-,24+,25+,26+,27+/m0/s1. The van der Waals surface area contributed by atoms with Gasteiger partial charge in [0, 0.05) is 23.7 Å². The predicted octanol–water partition coefficient (Wildman–Crippen LogP) is 5.63. The second kappa shape index (κ2) is 10.4. The number of cyclic esters (lactones) is 1. The van der Waals surface area contributed by atoms with Crippen molar-refractivity contribution < 1.29 is 23.5 Å².